The molecular weight excluding hydrogens is 268 g/mol. The molecule has 0 spiro atoms. The highest BCUT2D eigenvalue weighted by Gasteiger charge is 2.17. The Morgan fingerprint density at radius 1 is 1.38 bits per heavy atom. The minimum Gasteiger partial charge on any atom is -0.354 e. The minimum absolute atomic E-state index is 0.213. The van der Waals surface area contributed by atoms with Crippen molar-refractivity contribution in [3.63, 3.8) is 0 Å². The molecule has 1 atom stereocenters. The summed E-state index contributed by atoms with van der Waals surface area (Å²) in [5, 5.41) is 7.04. The average molecular weight is 286 g/mol. The second-order valence-corrected chi connectivity index (χ2v) is 4.71. The molecule has 2 aromatic heterocycles. The van der Waals surface area contributed by atoms with E-state index in [0.717, 1.165) is 12.0 Å². The van der Waals surface area contributed by atoms with Gasteiger partial charge in [0.1, 0.15) is 6.04 Å². The van der Waals surface area contributed by atoms with E-state index < -0.39 is 6.04 Å². The van der Waals surface area contributed by atoms with Crippen LogP contribution < -0.4 is 10.9 Å². The zero-order valence-corrected chi connectivity index (χ0v) is 12.1. The van der Waals surface area contributed by atoms with Gasteiger partial charge in [-0.2, -0.15) is 5.10 Å². The van der Waals surface area contributed by atoms with Gasteiger partial charge in [-0.25, -0.2) is 4.68 Å². The molecule has 0 radical (unpaired) electrons. The molecule has 2 rings (SSSR count). The van der Waals surface area contributed by atoms with E-state index in [1.807, 2.05) is 13.0 Å². The van der Waals surface area contributed by atoms with Gasteiger partial charge in [-0.15, -0.1) is 0 Å². The molecule has 0 bridgehead atoms. The fourth-order valence-corrected chi connectivity index (χ4v) is 1.88. The maximum absolute atomic E-state index is 12.0. The molecule has 2 aromatic rings. The molecular formula is C15H18N4O2. The third-order valence-corrected chi connectivity index (χ3v) is 3.08. The lowest BCUT2D eigenvalue weighted by Gasteiger charge is -2.14. The lowest BCUT2D eigenvalue weighted by atomic mass is 10.2. The van der Waals surface area contributed by atoms with Gasteiger partial charge in [-0.1, -0.05) is 6.92 Å². The zero-order valence-electron chi connectivity index (χ0n) is 12.1. The number of carbonyl (C=O) groups excluding carboxylic acids is 1. The van der Waals surface area contributed by atoms with Crippen molar-refractivity contribution in [2.45, 2.75) is 26.3 Å². The summed E-state index contributed by atoms with van der Waals surface area (Å²) >= 11 is 0. The van der Waals surface area contributed by atoms with Gasteiger partial charge in [-0.05, 0) is 31.5 Å². The summed E-state index contributed by atoms with van der Waals surface area (Å²) in [4.78, 5) is 27.9. The van der Waals surface area contributed by atoms with Crippen LogP contribution in [0.2, 0.25) is 0 Å². The highest BCUT2D eigenvalue weighted by Crippen LogP contribution is 2.14. The van der Waals surface area contributed by atoms with Crippen molar-refractivity contribution < 1.29 is 4.79 Å². The third-order valence-electron chi connectivity index (χ3n) is 3.08. The molecule has 6 heteroatoms. The topological polar surface area (TPSA) is 76.9 Å². The number of pyridine rings is 1. The first-order chi connectivity index (χ1) is 10.1. The summed E-state index contributed by atoms with van der Waals surface area (Å²) in [6.07, 6.45) is 4.18. The summed E-state index contributed by atoms with van der Waals surface area (Å²) < 4.78 is 1.20. The monoisotopic (exact) mass is 286 g/mol. The summed E-state index contributed by atoms with van der Waals surface area (Å²) in [5.74, 6) is -0.213. The first-order valence-corrected chi connectivity index (χ1v) is 6.91. The van der Waals surface area contributed by atoms with Gasteiger partial charge in [0.25, 0.3) is 5.56 Å². The molecule has 6 nitrogen and oxygen atoms in total. The van der Waals surface area contributed by atoms with Gasteiger partial charge in [0, 0.05) is 30.6 Å². The Morgan fingerprint density at radius 3 is 2.86 bits per heavy atom. The van der Waals surface area contributed by atoms with E-state index in [1.54, 1.807) is 31.5 Å². The molecule has 0 aromatic carbocycles. The van der Waals surface area contributed by atoms with Crippen LogP contribution in [-0.4, -0.2) is 27.2 Å². The number of nitrogens with one attached hydrogen (secondary N) is 1. The van der Waals surface area contributed by atoms with Gasteiger partial charge in [0.15, 0.2) is 0 Å². The van der Waals surface area contributed by atoms with E-state index in [-0.39, 0.29) is 11.5 Å². The second-order valence-electron chi connectivity index (χ2n) is 4.71. The third kappa shape index (κ3) is 3.53. The lowest BCUT2D eigenvalue weighted by Crippen LogP contribution is -2.37. The quantitative estimate of drug-likeness (QED) is 0.901. The van der Waals surface area contributed by atoms with Crippen LogP contribution in [0.15, 0.2) is 41.5 Å². The molecule has 110 valence electrons. The van der Waals surface area contributed by atoms with Crippen molar-refractivity contribution in [2.24, 2.45) is 0 Å². The molecule has 0 saturated heterocycles. The smallest absolute Gasteiger partial charge is 0.267 e. The number of nitrogens with zero attached hydrogens (tertiary/aromatic N) is 3. The Labute approximate surface area is 122 Å². The number of rotatable bonds is 5. The Kier molecular flexibility index (Phi) is 4.81. The number of hydrogen-bond donors (Lipinski definition) is 1. The molecule has 0 aliphatic carbocycles. The van der Waals surface area contributed by atoms with Crippen molar-refractivity contribution in [2.75, 3.05) is 6.54 Å². The van der Waals surface area contributed by atoms with Crippen LogP contribution in [0.25, 0.3) is 11.3 Å². The van der Waals surface area contributed by atoms with E-state index in [4.69, 9.17) is 0 Å². The van der Waals surface area contributed by atoms with E-state index in [9.17, 15) is 9.59 Å². The van der Waals surface area contributed by atoms with Crippen LogP contribution in [0.1, 0.15) is 26.3 Å². The Morgan fingerprint density at radius 2 is 2.19 bits per heavy atom. The number of aromatic nitrogens is 3. The Balaban J connectivity index is 2.32. The van der Waals surface area contributed by atoms with E-state index in [0.29, 0.717) is 12.2 Å². The van der Waals surface area contributed by atoms with Gasteiger partial charge in [0.05, 0.1) is 5.69 Å². The lowest BCUT2D eigenvalue weighted by molar-refractivity contribution is -0.124. The Bertz CT molecular complexity index is 667. The molecule has 1 amide bonds. The first kappa shape index (κ1) is 14.9. The van der Waals surface area contributed by atoms with Crippen molar-refractivity contribution >= 4 is 5.91 Å². The minimum atomic E-state index is -0.652. The largest absolute Gasteiger partial charge is 0.354 e. The molecule has 2 heterocycles. The van der Waals surface area contributed by atoms with Crippen LogP contribution in [0, 0.1) is 0 Å². The maximum Gasteiger partial charge on any atom is 0.267 e. The summed E-state index contributed by atoms with van der Waals surface area (Å²) in [5.41, 5.74) is 1.10. The SMILES string of the molecule is CCCNC(=O)C(C)n1nc(-c2cccnc2)ccc1=O. The number of carbonyl (C=O) groups is 1. The Hall–Kier alpha value is -2.50. The van der Waals surface area contributed by atoms with Gasteiger partial charge in [-0.3, -0.25) is 14.6 Å². The molecule has 0 fully saturated rings. The zero-order chi connectivity index (χ0) is 15.2. The molecule has 1 unspecified atom stereocenters. The van der Waals surface area contributed by atoms with E-state index >= 15 is 0 Å². The highest BCUT2D eigenvalue weighted by molar-refractivity contribution is 5.79. The van der Waals surface area contributed by atoms with Crippen LogP contribution in [0.4, 0.5) is 0 Å². The molecule has 1 N–H and O–H groups in total. The number of amides is 1. The number of hydrogen-bond acceptors (Lipinski definition) is 4. The fourth-order valence-electron chi connectivity index (χ4n) is 1.88. The summed E-state index contributed by atoms with van der Waals surface area (Å²) in [7, 11) is 0. The summed E-state index contributed by atoms with van der Waals surface area (Å²) in [6, 6.07) is 6.04. The van der Waals surface area contributed by atoms with Crippen LogP contribution in [0.5, 0.6) is 0 Å². The average Bonchev–Trinajstić information content (AvgIpc) is 2.53. The van der Waals surface area contributed by atoms with Crippen molar-refractivity contribution in [3.05, 3.63) is 47.0 Å². The predicted octanol–water partition coefficient (Wildman–Crippen LogP) is 1.39. The van der Waals surface area contributed by atoms with Crippen molar-refractivity contribution in [3.8, 4) is 11.3 Å². The van der Waals surface area contributed by atoms with Crippen LogP contribution in [0.3, 0.4) is 0 Å². The van der Waals surface area contributed by atoms with Gasteiger partial charge < -0.3 is 5.32 Å². The standard InChI is InChI=1S/C15H18N4O2/c1-3-8-17-15(21)11(2)19-14(20)7-6-13(18-19)12-5-4-9-16-10-12/h4-7,9-11H,3,8H2,1-2H3,(H,17,21). The first-order valence-electron chi connectivity index (χ1n) is 6.91. The predicted molar refractivity (Wildman–Crippen MR) is 79.7 cm³/mol. The van der Waals surface area contributed by atoms with Gasteiger partial charge in [0.2, 0.25) is 5.91 Å². The second kappa shape index (κ2) is 6.78. The summed E-state index contributed by atoms with van der Waals surface area (Å²) in [6.45, 7) is 4.21. The van der Waals surface area contributed by atoms with Crippen LogP contribution >= 0.6 is 0 Å². The normalized spacial score (nSPS) is 11.9. The van der Waals surface area contributed by atoms with Crippen LogP contribution in [-0.2, 0) is 4.79 Å². The van der Waals surface area contributed by atoms with Gasteiger partial charge >= 0.3 is 0 Å². The van der Waals surface area contributed by atoms with Crippen molar-refractivity contribution in [1.29, 1.82) is 0 Å². The molecule has 0 aliphatic heterocycles. The molecule has 0 saturated carbocycles. The van der Waals surface area contributed by atoms with Crippen molar-refractivity contribution in [1.82, 2.24) is 20.1 Å². The maximum atomic E-state index is 12.0. The fraction of sp³-hybridized carbons (Fsp3) is 0.333. The highest BCUT2D eigenvalue weighted by atomic mass is 16.2. The molecule has 21 heavy (non-hydrogen) atoms. The van der Waals surface area contributed by atoms with E-state index in [2.05, 4.69) is 15.4 Å². The molecule has 0 aliphatic rings. The van der Waals surface area contributed by atoms with E-state index in [1.165, 1.54) is 10.7 Å².